The van der Waals surface area contributed by atoms with Gasteiger partial charge in [0, 0.05) is 11.1 Å². The number of fused-ring (bicyclic) bond motifs is 1. The number of benzene rings is 4. The molecule has 1 amide bonds. The van der Waals surface area contributed by atoms with Crippen molar-refractivity contribution in [2.45, 2.75) is 18.7 Å². The van der Waals surface area contributed by atoms with Crippen LogP contribution in [-0.4, -0.2) is 30.6 Å². The number of aromatic hydroxyl groups is 1. The molecular formula is C26H21Cl2N3O6S. The molecule has 0 radical (unpaired) electrons. The van der Waals surface area contributed by atoms with Gasteiger partial charge in [-0.15, -0.1) is 5.11 Å². The molecule has 0 aromatic heterocycles. The summed E-state index contributed by atoms with van der Waals surface area (Å²) >= 11 is 12.3. The topological polar surface area (TPSA) is 138 Å². The number of ether oxygens (including phenoxy) is 1. The molecule has 4 aromatic rings. The van der Waals surface area contributed by atoms with Crippen LogP contribution in [-0.2, 0) is 10.1 Å². The number of nitrogens with zero attached hydrogens (tertiary/aromatic N) is 2. The molecule has 4 aromatic carbocycles. The number of nitrogens with one attached hydrogen (secondary N) is 1. The summed E-state index contributed by atoms with van der Waals surface area (Å²) in [5, 5.41) is 23.3. The molecule has 0 aliphatic heterocycles. The molecule has 0 unspecified atom stereocenters. The molecule has 0 spiro atoms. The van der Waals surface area contributed by atoms with Crippen molar-refractivity contribution in [3.63, 3.8) is 0 Å². The predicted octanol–water partition coefficient (Wildman–Crippen LogP) is 7.47. The van der Waals surface area contributed by atoms with E-state index in [0.717, 1.165) is 6.07 Å². The molecule has 0 saturated heterocycles. The second-order valence-electron chi connectivity index (χ2n) is 8.07. The molecule has 0 aliphatic rings. The van der Waals surface area contributed by atoms with E-state index in [1.165, 1.54) is 25.1 Å². The first-order chi connectivity index (χ1) is 18.0. The maximum atomic E-state index is 13.1. The number of phenolic OH excluding ortho intramolecular Hbond substituents is 1. The molecule has 12 heteroatoms. The Hall–Kier alpha value is -3.70. The summed E-state index contributed by atoms with van der Waals surface area (Å²) in [7, 11) is -4.53. The van der Waals surface area contributed by atoms with Crippen molar-refractivity contribution in [2.75, 3.05) is 11.9 Å². The van der Waals surface area contributed by atoms with Gasteiger partial charge in [-0.3, -0.25) is 9.35 Å². The van der Waals surface area contributed by atoms with E-state index < -0.39 is 26.7 Å². The van der Waals surface area contributed by atoms with Crippen LogP contribution in [0.25, 0.3) is 10.8 Å². The van der Waals surface area contributed by atoms with Gasteiger partial charge in [-0.05, 0) is 61.2 Å². The van der Waals surface area contributed by atoms with Gasteiger partial charge in [0.1, 0.15) is 16.3 Å². The molecule has 0 bridgehead atoms. The average Bonchev–Trinajstić information content (AvgIpc) is 2.86. The van der Waals surface area contributed by atoms with Gasteiger partial charge in [0.05, 0.1) is 27.9 Å². The number of hydrogen-bond donors (Lipinski definition) is 3. The van der Waals surface area contributed by atoms with E-state index >= 15 is 0 Å². The zero-order valence-electron chi connectivity index (χ0n) is 20.1. The van der Waals surface area contributed by atoms with Crippen LogP contribution in [0.1, 0.15) is 22.8 Å². The van der Waals surface area contributed by atoms with Crippen molar-refractivity contribution >= 4 is 67.1 Å². The van der Waals surface area contributed by atoms with Gasteiger partial charge < -0.3 is 15.2 Å². The molecule has 3 N–H and O–H groups in total. The highest BCUT2D eigenvalue weighted by atomic mass is 35.5. The lowest BCUT2D eigenvalue weighted by molar-refractivity contribution is 0.102. The van der Waals surface area contributed by atoms with Crippen molar-refractivity contribution in [2.24, 2.45) is 10.2 Å². The highest BCUT2D eigenvalue weighted by Crippen LogP contribution is 2.41. The molecule has 0 atom stereocenters. The number of hydrogen-bond acceptors (Lipinski definition) is 7. The number of phenols is 1. The fraction of sp³-hybridized carbons (Fsp3) is 0.115. The van der Waals surface area contributed by atoms with Crippen LogP contribution in [0.5, 0.6) is 11.5 Å². The second kappa shape index (κ2) is 11.0. The molecule has 0 saturated carbocycles. The van der Waals surface area contributed by atoms with Gasteiger partial charge in [0.15, 0.2) is 5.75 Å². The Kier molecular flexibility index (Phi) is 7.89. The Balaban J connectivity index is 1.74. The van der Waals surface area contributed by atoms with E-state index in [-0.39, 0.29) is 27.5 Å². The molecule has 9 nitrogen and oxygen atoms in total. The highest BCUT2D eigenvalue weighted by molar-refractivity contribution is 7.86. The third-order valence-electron chi connectivity index (χ3n) is 5.59. The average molecular weight is 574 g/mol. The van der Waals surface area contributed by atoms with Crippen molar-refractivity contribution in [1.82, 2.24) is 0 Å². The second-order valence-corrected chi connectivity index (χ2v) is 10.2. The third-order valence-corrected chi connectivity index (χ3v) is 7.38. The Morgan fingerprint density at radius 1 is 1.05 bits per heavy atom. The number of anilines is 1. The maximum absolute atomic E-state index is 13.1. The maximum Gasteiger partial charge on any atom is 0.296 e. The third kappa shape index (κ3) is 5.58. The SMILES string of the molecule is CCOc1ccc(NC(=O)c2cc3ccccc3c(N=Nc3ccc(S(=O)(=O)O)c(Cl)c3C)c2O)cc1Cl. The summed E-state index contributed by atoms with van der Waals surface area (Å²) in [6.45, 7) is 3.77. The quantitative estimate of drug-likeness (QED) is 0.155. The van der Waals surface area contributed by atoms with Crippen LogP contribution in [0.15, 0.2) is 75.8 Å². The van der Waals surface area contributed by atoms with Gasteiger partial charge >= 0.3 is 0 Å². The summed E-state index contributed by atoms with van der Waals surface area (Å²) in [5.41, 5.74) is 0.801. The minimum atomic E-state index is -4.53. The molecule has 0 aliphatic carbocycles. The Morgan fingerprint density at radius 2 is 1.79 bits per heavy atom. The normalized spacial score (nSPS) is 11.7. The van der Waals surface area contributed by atoms with Gasteiger partial charge in [-0.2, -0.15) is 13.5 Å². The summed E-state index contributed by atoms with van der Waals surface area (Å²) < 4.78 is 37.8. The summed E-state index contributed by atoms with van der Waals surface area (Å²) in [4.78, 5) is 12.7. The highest BCUT2D eigenvalue weighted by Gasteiger charge is 2.20. The first kappa shape index (κ1) is 27.3. The minimum absolute atomic E-state index is 0.0207. The van der Waals surface area contributed by atoms with Crippen molar-refractivity contribution in [1.29, 1.82) is 0 Å². The summed E-state index contributed by atoms with van der Waals surface area (Å²) in [5.74, 6) is -0.551. The first-order valence-electron chi connectivity index (χ1n) is 11.2. The monoisotopic (exact) mass is 573 g/mol. The lowest BCUT2D eigenvalue weighted by atomic mass is 10.0. The number of carbonyl (C=O) groups is 1. The molecule has 196 valence electrons. The summed E-state index contributed by atoms with van der Waals surface area (Å²) in [6.07, 6.45) is 0. The molecule has 38 heavy (non-hydrogen) atoms. The van der Waals surface area contributed by atoms with E-state index in [2.05, 4.69) is 15.5 Å². The van der Waals surface area contributed by atoms with E-state index in [1.807, 2.05) is 6.92 Å². The number of amides is 1. The number of rotatable bonds is 7. The van der Waals surface area contributed by atoms with Gasteiger partial charge in [0.2, 0.25) is 0 Å². The van der Waals surface area contributed by atoms with Crippen LogP contribution in [0, 0.1) is 6.92 Å². The zero-order valence-corrected chi connectivity index (χ0v) is 22.4. The van der Waals surface area contributed by atoms with Gasteiger partial charge in [-0.25, -0.2) is 0 Å². The van der Waals surface area contributed by atoms with Gasteiger partial charge in [-0.1, -0.05) is 47.5 Å². The molecule has 4 rings (SSSR count). The number of halogens is 2. The van der Waals surface area contributed by atoms with Crippen LogP contribution in [0.4, 0.5) is 17.1 Å². The summed E-state index contributed by atoms with van der Waals surface area (Å²) in [6, 6.07) is 15.7. The first-order valence-corrected chi connectivity index (χ1v) is 13.4. The Morgan fingerprint density at radius 3 is 2.47 bits per heavy atom. The van der Waals surface area contributed by atoms with E-state index in [1.54, 1.807) is 36.4 Å². The lowest BCUT2D eigenvalue weighted by Gasteiger charge is -2.12. The Labute approximate surface area is 228 Å². The number of azo groups is 1. The van der Waals surface area contributed by atoms with Crippen LogP contribution < -0.4 is 10.1 Å². The van der Waals surface area contributed by atoms with Crippen LogP contribution >= 0.6 is 23.2 Å². The lowest BCUT2D eigenvalue weighted by Crippen LogP contribution is -2.12. The van der Waals surface area contributed by atoms with Gasteiger partial charge in [0.25, 0.3) is 16.0 Å². The fourth-order valence-corrected chi connectivity index (χ4v) is 5.01. The van der Waals surface area contributed by atoms with E-state index in [4.69, 9.17) is 27.9 Å². The standard InChI is InChI=1S/C26H21Cl2N3O6S/c1-3-37-21-10-8-16(13-19(21)27)29-26(33)18-12-15-6-4-5-7-17(15)24(25(18)32)31-30-20-9-11-22(38(34,35)36)23(28)14(20)2/h4-13,32H,3H2,1-2H3,(H,29,33)(H,34,35,36). The minimum Gasteiger partial charge on any atom is -0.505 e. The van der Waals surface area contributed by atoms with Crippen molar-refractivity contribution in [3.8, 4) is 11.5 Å². The van der Waals surface area contributed by atoms with E-state index in [9.17, 15) is 22.9 Å². The molecule has 0 fully saturated rings. The van der Waals surface area contributed by atoms with Crippen LogP contribution in [0.2, 0.25) is 10.0 Å². The van der Waals surface area contributed by atoms with Crippen molar-refractivity contribution < 1.29 is 27.6 Å². The fourth-order valence-electron chi connectivity index (χ4n) is 3.70. The van der Waals surface area contributed by atoms with E-state index in [0.29, 0.717) is 33.8 Å². The van der Waals surface area contributed by atoms with Crippen molar-refractivity contribution in [3.05, 3.63) is 81.8 Å². The largest absolute Gasteiger partial charge is 0.505 e. The smallest absolute Gasteiger partial charge is 0.296 e. The molecular weight excluding hydrogens is 553 g/mol. The number of carbonyl (C=O) groups excluding carboxylic acids is 1. The zero-order chi connectivity index (χ0) is 27.6. The van der Waals surface area contributed by atoms with Crippen LogP contribution in [0.3, 0.4) is 0 Å². The Bertz CT molecular complexity index is 1710. The predicted molar refractivity (Wildman–Crippen MR) is 146 cm³/mol. The molecule has 0 heterocycles.